The molecule has 0 saturated carbocycles. The van der Waals surface area contributed by atoms with Crippen LogP contribution in [0.3, 0.4) is 0 Å². The molecule has 4 rings (SSSR count). The highest BCUT2D eigenvalue weighted by Gasteiger charge is 2.23. The first-order chi connectivity index (χ1) is 15.0. The van der Waals surface area contributed by atoms with E-state index in [0.717, 1.165) is 37.5 Å². The summed E-state index contributed by atoms with van der Waals surface area (Å²) in [5.41, 5.74) is 0.894. The molecule has 1 saturated heterocycles. The van der Waals surface area contributed by atoms with Crippen molar-refractivity contribution >= 4 is 23.7 Å². The third-order valence-electron chi connectivity index (χ3n) is 4.83. The SMILES string of the molecule is Cc1cc(Nc2nc(N[C@@H](C)c3ncc(F)cn3)nc(N3CCCC(C#N)C3)n2)n[nH]1. The van der Waals surface area contributed by atoms with Gasteiger partial charge in [0.05, 0.1) is 30.4 Å². The number of aromatic amines is 1. The Hall–Kier alpha value is -3.88. The van der Waals surface area contributed by atoms with Gasteiger partial charge in [0.1, 0.15) is 5.82 Å². The van der Waals surface area contributed by atoms with Gasteiger partial charge in [0.15, 0.2) is 11.6 Å². The fourth-order valence-corrected chi connectivity index (χ4v) is 3.29. The Morgan fingerprint density at radius 2 is 2.03 bits per heavy atom. The lowest BCUT2D eigenvalue weighted by atomic mass is 10.0. The molecule has 12 heteroatoms. The predicted octanol–water partition coefficient (Wildman–Crippen LogP) is 2.49. The van der Waals surface area contributed by atoms with Crippen LogP contribution in [-0.2, 0) is 0 Å². The smallest absolute Gasteiger partial charge is 0.235 e. The van der Waals surface area contributed by atoms with Gasteiger partial charge in [-0.25, -0.2) is 14.4 Å². The van der Waals surface area contributed by atoms with Gasteiger partial charge < -0.3 is 15.5 Å². The van der Waals surface area contributed by atoms with E-state index in [4.69, 9.17) is 0 Å². The summed E-state index contributed by atoms with van der Waals surface area (Å²) in [6.07, 6.45) is 3.97. The number of nitrogens with one attached hydrogen (secondary N) is 3. The fourth-order valence-electron chi connectivity index (χ4n) is 3.29. The second-order valence-corrected chi connectivity index (χ2v) is 7.38. The van der Waals surface area contributed by atoms with Crippen molar-refractivity contribution in [3.8, 4) is 6.07 Å². The van der Waals surface area contributed by atoms with E-state index in [0.29, 0.717) is 36.0 Å². The van der Waals surface area contributed by atoms with Crippen molar-refractivity contribution in [2.24, 2.45) is 5.92 Å². The second-order valence-electron chi connectivity index (χ2n) is 7.38. The Balaban J connectivity index is 1.61. The molecule has 0 aromatic carbocycles. The van der Waals surface area contributed by atoms with E-state index in [9.17, 15) is 9.65 Å². The number of piperidine rings is 1. The van der Waals surface area contributed by atoms with Gasteiger partial charge in [-0.2, -0.15) is 25.3 Å². The van der Waals surface area contributed by atoms with Crippen molar-refractivity contribution in [2.75, 3.05) is 28.6 Å². The van der Waals surface area contributed by atoms with Crippen LogP contribution in [0.5, 0.6) is 0 Å². The topological polar surface area (TPSA) is 144 Å². The second kappa shape index (κ2) is 8.86. The lowest BCUT2D eigenvalue weighted by Crippen LogP contribution is -2.36. The van der Waals surface area contributed by atoms with Crippen molar-refractivity contribution < 1.29 is 4.39 Å². The minimum atomic E-state index is -0.503. The summed E-state index contributed by atoms with van der Waals surface area (Å²) in [7, 11) is 0. The standard InChI is InChI=1S/C19H22FN11/c1-11-6-15(30-29-11)25-18-26-17(24-12(2)16-22-8-14(20)9-23-16)27-19(28-18)31-5-3-4-13(7-21)10-31/h6,8-9,12-13H,3-5,10H2,1-2H3,(H3,24,25,26,27,28,29,30)/t12-,13?/m0/s1. The Morgan fingerprint density at radius 1 is 1.26 bits per heavy atom. The molecule has 1 aliphatic rings. The number of halogens is 1. The van der Waals surface area contributed by atoms with E-state index in [1.165, 1.54) is 0 Å². The molecule has 0 amide bonds. The largest absolute Gasteiger partial charge is 0.344 e. The van der Waals surface area contributed by atoms with Gasteiger partial charge >= 0.3 is 0 Å². The zero-order valence-electron chi connectivity index (χ0n) is 17.2. The van der Waals surface area contributed by atoms with E-state index in [-0.39, 0.29) is 12.0 Å². The van der Waals surface area contributed by atoms with Crippen molar-refractivity contribution in [1.82, 2.24) is 35.1 Å². The summed E-state index contributed by atoms with van der Waals surface area (Å²) in [6.45, 7) is 5.02. The van der Waals surface area contributed by atoms with E-state index < -0.39 is 5.82 Å². The lowest BCUT2D eigenvalue weighted by Gasteiger charge is -2.29. The molecule has 0 bridgehead atoms. The average Bonchev–Trinajstić information content (AvgIpc) is 3.18. The summed E-state index contributed by atoms with van der Waals surface area (Å²) in [5, 5.41) is 22.6. The van der Waals surface area contributed by atoms with Gasteiger partial charge in [-0.05, 0) is 26.7 Å². The molecular weight excluding hydrogens is 401 g/mol. The maximum Gasteiger partial charge on any atom is 0.235 e. The monoisotopic (exact) mass is 423 g/mol. The van der Waals surface area contributed by atoms with Crippen LogP contribution in [0.15, 0.2) is 18.5 Å². The van der Waals surface area contributed by atoms with Crippen molar-refractivity contribution in [2.45, 2.75) is 32.7 Å². The molecule has 1 unspecified atom stereocenters. The number of nitrogens with zero attached hydrogens (tertiary/aromatic N) is 8. The van der Waals surface area contributed by atoms with Gasteiger partial charge in [0.2, 0.25) is 17.8 Å². The molecule has 0 aliphatic carbocycles. The summed E-state index contributed by atoms with van der Waals surface area (Å²) < 4.78 is 13.1. The normalized spacial score (nSPS) is 17.1. The van der Waals surface area contributed by atoms with Crippen LogP contribution in [0.25, 0.3) is 0 Å². The number of aromatic nitrogens is 7. The number of rotatable bonds is 6. The third-order valence-corrected chi connectivity index (χ3v) is 4.83. The number of aryl methyl sites for hydroxylation is 1. The van der Waals surface area contributed by atoms with Crippen molar-refractivity contribution in [3.63, 3.8) is 0 Å². The van der Waals surface area contributed by atoms with Gasteiger partial charge in [0, 0.05) is 24.8 Å². The fraction of sp³-hybridized carbons (Fsp3) is 0.421. The highest BCUT2D eigenvalue weighted by Crippen LogP contribution is 2.24. The summed E-state index contributed by atoms with van der Waals surface area (Å²) >= 11 is 0. The number of nitriles is 1. The minimum Gasteiger partial charge on any atom is -0.344 e. The van der Waals surface area contributed by atoms with Gasteiger partial charge in [-0.15, -0.1) is 0 Å². The minimum absolute atomic E-state index is 0.0705. The maximum absolute atomic E-state index is 13.1. The first-order valence-corrected chi connectivity index (χ1v) is 9.94. The first-order valence-electron chi connectivity index (χ1n) is 9.94. The molecule has 2 atom stereocenters. The van der Waals surface area contributed by atoms with E-state index in [1.807, 2.05) is 24.8 Å². The number of hydrogen-bond donors (Lipinski definition) is 3. The molecule has 3 aromatic rings. The van der Waals surface area contributed by atoms with Crippen LogP contribution >= 0.6 is 0 Å². The first kappa shape index (κ1) is 20.4. The number of hydrogen-bond acceptors (Lipinski definition) is 10. The van der Waals surface area contributed by atoms with E-state index in [2.05, 4.69) is 51.8 Å². The number of H-pyrrole nitrogens is 1. The molecule has 31 heavy (non-hydrogen) atoms. The van der Waals surface area contributed by atoms with Crippen molar-refractivity contribution in [1.29, 1.82) is 5.26 Å². The molecule has 1 aliphatic heterocycles. The summed E-state index contributed by atoms with van der Waals surface area (Å²) in [4.78, 5) is 23.5. The zero-order chi connectivity index (χ0) is 21.8. The van der Waals surface area contributed by atoms with E-state index in [1.54, 1.807) is 0 Å². The summed E-state index contributed by atoms with van der Waals surface area (Å²) in [6, 6.07) is 3.79. The van der Waals surface area contributed by atoms with Crippen LogP contribution in [0.4, 0.5) is 28.1 Å². The van der Waals surface area contributed by atoms with Crippen LogP contribution in [0, 0.1) is 30.0 Å². The average molecular weight is 423 g/mol. The zero-order valence-corrected chi connectivity index (χ0v) is 17.2. The predicted molar refractivity (Wildman–Crippen MR) is 111 cm³/mol. The van der Waals surface area contributed by atoms with Crippen LogP contribution in [0.1, 0.15) is 37.3 Å². The highest BCUT2D eigenvalue weighted by atomic mass is 19.1. The van der Waals surface area contributed by atoms with Crippen LogP contribution in [0.2, 0.25) is 0 Å². The van der Waals surface area contributed by atoms with Gasteiger partial charge in [0.25, 0.3) is 0 Å². The Bertz CT molecular complexity index is 1080. The summed E-state index contributed by atoms with van der Waals surface area (Å²) in [5.74, 6) is 1.48. The maximum atomic E-state index is 13.1. The Labute approximate surface area is 178 Å². The van der Waals surface area contributed by atoms with E-state index >= 15 is 0 Å². The molecular formula is C19H22FN11. The van der Waals surface area contributed by atoms with Crippen LogP contribution in [-0.4, -0.2) is 48.2 Å². The highest BCUT2D eigenvalue weighted by molar-refractivity contribution is 5.52. The molecule has 3 N–H and O–H groups in total. The Kier molecular flexibility index (Phi) is 5.83. The molecule has 3 aromatic heterocycles. The van der Waals surface area contributed by atoms with Crippen LogP contribution < -0.4 is 15.5 Å². The Morgan fingerprint density at radius 3 is 2.74 bits per heavy atom. The molecule has 0 spiro atoms. The molecule has 4 heterocycles. The molecule has 160 valence electrons. The molecule has 0 radical (unpaired) electrons. The number of anilines is 4. The molecule has 11 nitrogen and oxygen atoms in total. The third kappa shape index (κ3) is 5.00. The van der Waals surface area contributed by atoms with Crippen molar-refractivity contribution in [3.05, 3.63) is 35.8 Å². The van der Waals surface area contributed by atoms with Gasteiger partial charge in [-0.3, -0.25) is 5.10 Å². The van der Waals surface area contributed by atoms with Gasteiger partial charge in [-0.1, -0.05) is 0 Å². The molecule has 1 fully saturated rings. The lowest BCUT2D eigenvalue weighted by molar-refractivity contribution is 0.487. The quantitative estimate of drug-likeness (QED) is 0.541.